The number of guanidine groups is 1. The van der Waals surface area contributed by atoms with E-state index in [9.17, 15) is 0 Å². The quantitative estimate of drug-likeness (QED) is 0.657. The molecule has 0 saturated heterocycles. The van der Waals surface area contributed by atoms with Gasteiger partial charge in [0, 0.05) is 26.0 Å². The highest BCUT2D eigenvalue weighted by molar-refractivity contribution is 5.92. The lowest BCUT2D eigenvalue weighted by molar-refractivity contribution is 0.867. The summed E-state index contributed by atoms with van der Waals surface area (Å²) in [4.78, 5) is 10.7. The zero-order valence-electron chi connectivity index (χ0n) is 14.2. The lowest BCUT2D eigenvalue weighted by Crippen LogP contribution is -2.22. The van der Waals surface area contributed by atoms with Crippen molar-refractivity contribution in [3.8, 4) is 0 Å². The van der Waals surface area contributed by atoms with Crippen molar-refractivity contribution in [3.63, 3.8) is 0 Å². The van der Waals surface area contributed by atoms with E-state index in [1.54, 1.807) is 6.20 Å². The van der Waals surface area contributed by atoms with Gasteiger partial charge in [0.05, 0.1) is 6.54 Å². The average molecular weight is 311 g/mol. The maximum atomic E-state index is 5.99. The molecule has 0 unspecified atom stereocenters. The number of anilines is 2. The summed E-state index contributed by atoms with van der Waals surface area (Å²) < 4.78 is 0. The standard InChI is InChI=1S/C18H25N5/c1-13(2)15-6-5-7-16(11-15)22-18(19)21-12-14-8-9-20-17(10-14)23(3)4/h5-11,13H,12H2,1-4H3,(H3,19,21,22). The van der Waals surface area contributed by atoms with Crippen LogP contribution in [-0.2, 0) is 6.54 Å². The summed E-state index contributed by atoms with van der Waals surface area (Å²) in [6.45, 7) is 4.86. The van der Waals surface area contributed by atoms with Crippen molar-refractivity contribution in [1.82, 2.24) is 4.98 Å². The van der Waals surface area contributed by atoms with Crippen LogP contribution in [0.15, 0.2) is 47.6 Å². The minimum atomic E-state index is 0.411. The van der Waals surface area contributed by atoms with E-state index in [2.05, 4.69) is 41.3 Å². The van der Waals surface area contributed by atoms with E-state index in [1.807, 2.05) is 43.3 Å². The Morgan fingerprint density at radius 3 is 2.74 bits per heavy atom. The second kappa shape index (κ2) is 7.63. The Balaban J connectivity index is 2.03. The molecule has 1 aromatic carbocycles. The van der Waals surface area contributed by atoms with Gasteiger partial charge >= 0.3 is 0 Å². The molecule has 1 heterocycles. The molecule has 0 spiro atoms. The van der Waals surface area contributed by atoms with Crippen molar-refractivity contribution in [1.29, 1.82) is 0 Å². The Morgan fingerprint density at radius 2 is 2.04 bits per heavy atom. The lowest BCUT2D eigenvalue weighted by Gasteiger charge is -2.12. The van der Waals surface area contributed by atoms with Crippen molar-refractivity contribution in [2.45, 2.75) is 26.3 Å². The maximum Gasteiger partial charge on any atom is 0.193 e. The van der Waals surface area contributed by atoms with Crippen LogP contribution >= 0.6 is 0 Å². The largest absolute Gasteiger partial charge is 0.370 e. The smallest absolute Gasteiger partial charge is 0.193 e. The average Bonchev–Trinajstić information content (AvgIpc) is 2.53. The minimum Gasteiger partial charge on any atom is -0.370 e. The van der Waals surface area contributed by atoms with E-state index < -0.39 is 0 Å². The molecule has 1 aromatic heterocycles. The molecule has 23 heavy (non-hydrogen) atoms. The second-order valence-electron chi connectivity index (χ2n) is 6.02. The molecule has 0 saturated carbocycles. The van der Waals surface area contributed by atoms with E-state index in [1.165, 1.54) is 5.56 Å². The van der Waals surface area contributed by atoms with Gasteiger partial charge in [-0.3, -0.25) is 0 Å². The summed E-state index contributed by atoms with van der Waals surface area (Å²) in [5.74, 6) is 1.80. The first-order chi connectivity index (χ1) is 11.0. The second-order valence-corrected chi connectivity index (χ2v) is 6.02. The van der Waals surface area contributed by atoms with E-state index in [0.29, 0.717) is 18.4 Å². The van der Waals surface area contributed by atoms with Crippen LogP contribution in [0.2, 0.25) is 0 Å². The molecule has 0 radical (unpaired) electrons. The third-order valence-electron chi connectivity index (χ3n) is 3.53. The monoisotopic (exact) mass is 311 g/mol. The molecule has 0 aliphatic rings. The molecule has 0 bridgehead atoms. The maximum absolute atomic E-state index is 5.99. The van der Waals surface area contributed by atoms with Crippen LogP contribution in [-0.4, -0.2) is 25.0 Å². The highest BCUT2D eigenvalue weighted by Crippen LogP contribution is 2.18. The summed E-state index contributed by atoms with van der Waals surface area (Å²) in [6.07, 6.45) is 1.79. The highest BCUT2D eigenvalue weighted by atomic mass is 15.1. The van der Waals surface area contributed by atoms with Gasteiger partial charge in [-0.15, -0.1) is 0 Å². The molecular formula is C18H25N5. The van der Waals surface area contributed by atoms with Crippen LogP contribution in [0.25, 0.3) is 0 Å². The summed E-state index contributed by atoms with van der Waals surface area (Å²) >= 11 is 0. The topological polar surface area (TPSA) is 66.5 Å². The number of hydrogen-bond acceptors (Lipinski definition) is 3. The first-order valence-corrected chi connectivity index (χ1v) is 7.75. The van der Waals surface area contributed by atoms with E-state index >= 15 is 0 Å². The lowest BCUT2D eigenvalue weighted by atomic mass is 10.0. The van der Waals surface area contributed by atoms with Crippen LogP contribution in [0.4, 0.5) is 11.5 Å². The van der Waals surface area contributed by atoms with Gasteiger partial charge < -0.3 is 16.0 Å². The first kappa shape index (κ1) is 16.8. The SMILES string of the molecule is CC(C)c1cccc(NC(N)=NCc2ccnc(N(C)C)c2)c1. The Bertz CT molecular complexity index is 677. The van der Waals surface area contributed by atoms with E-state index in [-0.39, 0.29) is 0 Å². The Labute approximate surface area is 138 Å². The molecule has 0 fully saturated rings. The summed E-state index contributed by atoms with van der Waals surface area (Å²) in [6, 6.07) is 12.2. The number of nitrogens with one attached hydrogen (secondary N) is 1. The number of aliphatic imine (C=N–C) groups is 1. The number of nitrogens with zero attached hydrogens (tertiary/aromatic N) is 3. The van der Waals surface area contributed by atoms with Crippen molar-refractivity contribution in [3.05, 3.63) is 53.7 Å². The van der Waals surface area contributed by atoms with Gasteiger partial charge in [-0.2, -0.15) is 0 Å². The zero-order valence-corrected chi connectivity index (χ0v) is 14.2. The molecule has 122 valence electrons. The zero-order chi connectivity index (χ0) is 16.8. The van der Waals surface area contributed by atoms with Crippen molar-refractivity contribution >= 4 is 17.5 Å². The predicted octanol–water partition coefficient (Wildman–Crippen LogP) is 3.20. The number of nitrogens with two attached hydrogens (primary N) is 1. The molecule has 2 rings (SSSR count). The Kier molecular flexibility index (Phi) is 5.57. The van der Waals surface area contributed by atoms with Crippen LogP contribution in [0.5, 0.6) is 0 Å². The van der Waals surface area contributed by atoms with Gasteiger partial charge in [0.1, 0.15) is 5.82 Å². The number of aromatic nitrogens is 1. The summed E-state index contributed by atoms with van der Waals surface area (Å²) in [7, 11) is 3.93. The number of hydrogen-bond donors (Lipinski definition) is 2. The van der Waals surface area contributed by atoms with Crippen molar-refractivity contribution in [2.75, 3.05) is 24.3 Å². The number of benzene rings is 1. The van der Waals surface area contributed by atoms with Gasteiger partial charge in [-0.25, -0.2) is 9.98 Å². The third-order valence-corrected chi connectivity index (χ3v) is 3.53. The summed E-state index contributed by atoms with van der Waals surface area (Å²) in [5, 5.41) is 3.15. The van der Waals surface area contributed by atoms with Crippen molar-refractivity contribution in [2.24, 2.45) is 10.7 Å². The number of pyridine rings is 1. The fourth-order valence-electron chi connectivity index (χ4n) is 2.14. The fraction of sp³-hybridized carbons (Fsp3) is 0.333. The summed E-state index contributed by atoms with van der Waals surface area (Å²) in [5.41, 5.74) is 9.29. The molecular weight excluding hydrogens is 286 g/mol. The molecule has 0 aliphatic heterocycles. The van der Waals surface area contributed by atoms with Gasteiger partial charge in [-0.1, -0.05) is 26.0 Å². The van der Waals surface area contributed by atoms with Crippen LogP contribution in [0.1, 0.15) is 30.9 Å². The highest BCUT2D eigenvalue weighted by Gasteiger charge is 2.02. The Hall–Kier alpha value is -2.56. The number of rotatable bonds is 5. The molecule has 5 nitrogen and oxygen atoms in total. The van der Waals surface area contributed by atoms with Crippen molar-refractivity contribution < 1.29 is 0 Å². The predicted molar refractivity (Wildman–Crippen MR) is 98.0 cm³/mol. The van der Waals surface area contributed by atoms with Gasteiger partial charge in [-0.05, 0) is 41.3 Å². The fourth-order valence-corrected chi connectivity index (χ4v) is 2.14. The molecule has 3 N–H and O–H groups in total. The molecule has 0 aliphatic carbocycles. The van der Waals surface area contributed by atoms with Crippen LogP contribution < -0.4 is 16.0 Å². The van der Waals surface area contributed by atoms with Gasteiger partial charge in [0.15, 0.2) is 5.96 Å². The molecule has 0 amide bonds. The molecule has 5 heteroatoms. The molecule has 2 aromatic rings. The van der Waals surface area contributed by atoms with Crippen LogP contribution in [0, 0.1) is 0 Å². The minimum absolute atomic E-state index is 0.411. The normalized spacial score (nSPS) is 11.6. The molecule has 0 atom stereocenters. The Morgan fingerprint density at radius 1 is 1.26 bits per heavy atom. The van der Waals surface area contributed by atoms with Gasteiger partial charge in [0.2, 0.25) is 0 Å². The van der Waals surface area contributed by atoms with E-state index in [0.717, 1.165) is 17.1 Å². The third kappa shape index (κ3) is 4.98. The van der Waals surface area contributed by atoms with Crippen LogP contribution in [0.3, 0.4) is 0 Å². The van der Waals surface area contributed by atoms with E-state index in [4.69, 9.17) is 5.73 Å². The first-order valence-electron chi connectivity index (χ1n) is 7.75. The van der Waals surface area contributed by atoms with Gasteiger partial charge in [0.25, 0.3) is 0 Å².